The standard InChI is InChI=1S/C16H32N2O/c1-4-8-17-16-7-9-18(14(3)13(16)2)11-15-6-5-10-19-12-15/h13-17H,4-12H2,1-3H3. The van der Waals surface area contributed by atoms with E-state index >= 15 is 0 Å². The third kappa shape index (κ3) is 4.17. The number of rotatable bonds is 5. The van der Waals surface area contributed by atoms with Crippen LogP contribution in [0.3, 0.4) is 0 Å². The highest BCUT2D eigenvalue weighted by Crippen LogP contribution is 2.26. The number of likely N-dealkylation sites (tertiary alicyclic amines) is 1. The van der Waals surface area contributed by atoms with E-state index in [4.69, 9.17) is 4.74 Å². The van der Waals surface area contributed by atoms with E-state index in [1.165, 1.54) is 38.8 Å². The van der Waals surface area contributed by atoms with Crippen molar-refractivity contribution in [1.29, 1.82) is 0 Å². The van der Waals surface area contributed by atoms with Crippen LogP contribution in [0.15, 0.2) is 0 Å². The van der Waals surface area contributed by atoms with Gasteiger partial charge in [0.15, 0.2) is 0 Å². The summed E-state index contributed by atoms with van der Waals surface area (Å²) in [6.07, 6.45) is 5.15. The first-order valence-electron chi connectivity index (χ1n) is 8.27. The van der Waals surface area contributed by atoms with Gasteiger partial charge in [-0.05, 0) is 57.5 Å². The van der Waals surface area contributed by atoms with Gasteiger partial charge in [0.2, 0.25) is 0 Å². The number of nitrogens with one attached hydrogen (secondary N) is 1. The molecule has 0 aromatic carbocycles. The van der Waals surface area contributed by atoms with Crippen LogP contribution in [0.5, 0.6) is 0 Å². The van der Waals surface area contributed by atoms with Gasteiger partial charge in [0.25, 0.3) is 0 Å². The first-order valence-corrected chi connectivity index (χ1v) is 8.27. The molecule has 3 nitrogen and oxygen atoms in total. The van der Waals surface area contributed by atoms with Gasteiger partial charge in [0, 0.05) is 25.2 Å². The third-order valence-corrected chi connectivity index (χ3v) is 5.10. The second kappa shape index (κ2) is 7.61. The molecule has 0 spiro atoms. The Kier molecular flexibility index (Phi) is 6.11. The van der Waals surface area contributed by atoms with Gasteiger partial charge in [-0.3, -0.25) is 4.90 Å². The lowest BCUT2D eigenvalue weighted by Crippen LogP contribution is -2.54. The molecule has 112 valence electrons. The summed E-state index contributed by atoms with van der Waals surface area (Å²) >= 11 is 0. The maximum atomic E-state index is 5.62. The van der Waals surface area contributed by atoms with Crippen LogP contribution >= 0.6 is 0 Å². The van der Waals surface area contributed by atoms with Crippen LogP contribution in [0, 0.1) is 11.8 Å². The molecular weight excluding hydrogens is 236 g/mol. The maximum Gasteiger partial charge on any atom is 0.0506 e. The highest BCUT2D eigenvalue weighted by atomic mass is 16.5. The molecule has 2 fully saturated rings. The van der Waals surface area contributed by atoms with Gasteiger partial charge in [-0.15, -0.1) is 0 Å². The summed E-state index contributed by atoms with van der Waals surface area (Å²) in [7, 11) is 0. The Morgan fingerprint density at radius 2 is 2.11 bits per heavy atom. The van der Waals surface area contributed by atoms with E-state index < -0.39 is 0 Å². The predicted molar refractivity (Wildman–Crippen MR) is 80.4 cm³/mol. The zero-order chi connectivity index (χ0) is 13.7. The molecule has 4 atom stereocenters. The molecule has 2 saturated heterocycles. The predicted octanol–water partition coefficient (Wildman–Crippen LogP) is 2.51. The van der Waals surface area contributed by atoms with Crippen molar-refractivity contribution in [3.8, 4) is 0 Å². The fourth-order valence-corrected chi connectivity index (χ4v) is 3.60. The van der Waals surface area contributed by atoms with Gasteiger partial charge in [-0.2, -0.15) is 0 Å². The quantitative estimate of drug-likeness (QED) is 0.829. The summed E-state index contributed by atoms with van der Waals surface area (Å²) in [6, 6.07) is 1.42. The van der Waals surface area contributed by atoms with Crippen molar-refractivity contribution in [2.45, 2.75) is 58.5 Å². The molecule has 3 heteroatoms. The molecule has 19 heavy (non-hydrogen) atoms. The van der Waals surface area contributed by atoms with Gasteiger partial charge in [0.1, 0.15) is 0 Å². The first-order chi connectivity index (χ1) is 9.22. The van der Waals surface area contributed by atoms with Crippen LogP contribution in [0.2, 0.25) is 0 Å². The molecule has 0 aromatic heterocycles. The molecule has 2 rings (SSSR count). The van der Waals surface area contributed by atoms with E-state index in [-0.39, 0.29) is 0 Å². The zero-order valence-electron chi connectivity index (χ0n) is 13.0. The Labute approximate surface area is 119 Å². The van der Waals surface area contributed by atoms with Crippen LogP contribution in [0.1, 0.15) is 46.5 Å². The lowest BCUT2D eigenvalue weighted by Gasteiger charge is -2.44. The summed E-state index contributed by atoms with van der Waals surface area (Å²) in [5, 5.41) is 3.72. The second-order valence-electron chi connectivity index (χ2n) is 6.53. The van der Waals surface area contributed by atoms with Crippen LogP contribution < -0.4 is 5.32 Å². The van der Waals surface area contributed by atoms with Crippen LogP contribution in [0.25, 0.3) is 0 Å². The highest BCUT2D eigenvalue weighted by molar-refractivity contribution is 4.89. The van der Waals surface area contributed by atoms with Crippen molar-refractivity contribution >= 4 is 0 Å². The van der Waals surface area contributed by atoms with Crippen LogP contribution in [-0.4, -0.2) is 49.8 Å². The molecule has 0 saturated carbocycles. The zero-order valence-corrected chi connectivity index (χ0v) is 13.0. The summed E-state index contributed by atoms with van der Waals surface area (Å²) in [5.41, 5.74) is 0. The topological polar surface area (TPSA) is 24.5 Å². The molecule has 0 aromatic rings. The number of ether oxygens (including phenoxy) is 1. The van der Waals surface area contributed by atoms with E-state index in [1.54, 1.807) is 0 Å². The Bertz CT molecular complexity index is 253. The van der Waals surface area contributed by atoms with Crippen molar-refractivity contribution in [2.24, 2.45) is 11.8 Å². The van der Waals surface area contributed by atoms with E-state index in [0.29, 0.717) is 12.1 Å². The Hall–Kier alpha value is -0.120. The molecule has 2 aliphatic heterocycles. The van der Waals surface area contributed by atoms with E-state index in [1.807, 2.05) is 0 Å². The molecule has 4 unspecified atom stereocenters. The fourth-order valence-electron chi connectivity index (χ4n) is 3.60. The average molecular weight is 268 g/mol. The van der Waals surface area contributed by atoms with E-state index in [9.17, 15) is 0 Å². The van der Waals surface area contributed by atoms with Crippen molar-refractivity contribution in [2.75, 3.05) is 32.8 Å². The average Bonchev–Trinajstić information content (AvgIpc) is 2.44. The SMILES string of the molecule is CCCNC1CCN(CC2CCCOC2)C(C)C1C. The minimum Gasteiger partial charge on any atom is -0.381 e. The normalized spacial score (nSPS) is 37.4. The molecule has 2 heterocycles. The van der Waals surface area contributed by atoms with Crippen molar-refractivity contribution in [3.63, 3.8) is 0 Å². The fraction of sp³-hybridized carbons (Fsp3) is 1.00. The Balaban J connectivity index is 1.80. The second-order valence-corrected chi connectivity index (χ2v) is 6.53. The molecule has 0 amide bonds. The summed E-state index contributed by atoms with van der Waals surface area (Å²) in [6.45, 7) is 12.7. The third-order valence-electron chi connectivity index (χ3n) is 5.10. The van der Waals surface area contributed by atoms with Gasteiger partial charge in [0.05, 0.1) is 6.61 Å². The largest absolute Gasteiger partial charge is 0.381 e. The van der Waals surface area contributed by atoms with Crippen molar-refractivity contribution in [1.82, 2.24) is 10.2 Å². The molecule has 2 aliphatic rings. The van der Waals surface area contributed by atoms with E-state index in [0.717, 1.165) is 31.6 Å². The van der Waals surface area contributed by atoms with Gasteiger partial charge in [-0.25, -0.2) is 0 Å². The number of hydrogen-bond donors (Lipinski definition) is 1. The van der Waals surface area contributed by atoms with Gasteiger partial charge in [-0.1, -0.05) is 13.8 Å². The molecule has 1 N–H and O–H groups in total. The summed E-state index contributed by atoms with van der Waals surface area (Å²) < 4.78 is 5.62. The minimum absolute atomic E-state index is 0.699. The molecule has 0 bridgehead atoms. The first kappa shape index (κ1) is 15.3. The van der Waals surface area contributed by atoms with Gasteiger partial charge < -0.3 is 10.1 Å². The highest BCUT2D eigenvalue weighted by Gasteiger charge is 2.33. The van der Waals surface area contributed by atoms with E-state index in [2.05, 4.69) is 31.0 Å². The number of nitrogens with zero attached hydrogens (tertiary/aromatic N) is 1. The molecule has 0 aliphatic carbocycles. The maximum absolute atomic E-state index is 5.62. The summed E-state index contributed by atoms with van der Waals surface area (Å²) in [4.78, 5) is 2.70. The Morgan fingerprint density at radius 1 is 1.26 bits per heavy atom. The monoisotopic (exact) mass is 268 g/mol. The lowest BCUT2D eigenvalue weighted by molar-refractivity contribution is 0.0120. The van der Waals surface area contributed by atoms with Gasteiger partial charge >= 0.3 is 0 Å². The van der Waals surface area contributed by atoms with Crippen molar-refractivity contribution in [3.05, 3.63) is 0 Å². The van der Waals surface area contributed by atoms with Crippen molar-refractivity contribution < 1.29 is 4.74 Å². The van der Waals surface area contributed by atoms with Crippen LogP contribution in [0.4, 0.5) is 0 Å². The summed E-state index contributed by atoms with van der Waals surface area (Å²) in [5.74, 6) is 1.52. The lowest BCUT2D eigenvalue weighted by atomic mass is 9.86. The minimum atomic E-state index is 0.699. The smallest absolute Gasteiger partial charge is 0.0506 e. The number of hydrogen-bond acceptors (Lipinski definition) is 3. The molecule has 0 radical (unpaired) electrons. The Morgan fingerprint density at radius 3 is 2.79 bits per heavy atom. The number of piperidine rings is 1. The van der Waals surface area contributed by atoms with Crippen LogP contribution in [-0.2, 0) is 4.74 Å². The molecular formula is C16H32N2O.